The van der Waals surface area contributed by atoms with Gasteiger partial charge in [-0.15, -0.1) is 0 Å². The van der Waals surface area contributed by atoms with Gasteiger partial charge in [0.05, 0.1) is 5.54 Å². The molecule has 4 saturated heterocycles. The number of anilines is 2. The van der Waals surface area contributed by atoms with E-state index in [-0.39, 0.29) is 22.6 Å². The standard InChI is InChI=1S/C34H38F2N6O/c1-20-16-34(11-3-12-42(34)17-20)19-43-33-39-31-26(32(40-33)41-13-10-23-6-7-24(18-41)38-23)9-8-25(30(31)36)27-15-22(37)14-21-4-2-5-28(35)29(21)27/h2,4-5,8-9,14-15,20,23-24,38H,3,6-7,10-13,16-19,37H2,1H3/t20-,23+,24-,34+/m1/s1. The van der Waals surface area contributed by atoms with Crippen LogP contribution in [0.1, 0.15) is 45.4 Å². The van der Waals surface area contributed by atoms with Gasteiger partial charge in [-0.05, 0) is 86.2 Å². The largest absolute Gasteiger partial charge is 0.461 e. The van der Waals surface area contributed by atoms with E-state index in [1.165, 1.54) is 12.5 Å². The van der Waals surface area contributed by atoms with Gasteiger partial charge in [0.15, 0.2) is 5.82 Å². The van der Waals surface area contributed by atoms with Crippen LogP contribution in [0.25, 0.3) is 32.8 Å². The third kappa shape index (κ3) is 4.59. The van der Waals surface area contributed by atoms with Gasteiger partial charge in [-0.2, -0.15) is 9.97 Å². The quantitative estimate of drug-likeness (QED) is 0.283. The monoisotopic (exact) mass is 584 g/mol. The molecule has 7 nitrogen and oxygen atoms in total. The van der Waals surface area contributed by atoms with Gasteiger partial charge in [-0.25, -0.2) is 8.78 Å². The minimum atomic E-state index is -0.522. The number of nitrogens with zero attached hydrogens (tertiary/aromatic N) is 4. The maximum atomic E-state index is 16.8. The van der Waals surface area contributed by atoms with E-state index >= 15 is 8.78 Å². The highest BCUT2D eigenvalue weighted by molar-refractivity contribution is 6.02. The minimum Gasteiger partial charge on any atom is -0.461 e. The molecule has 4 atom stereocenters. The van der Waals surface area contributed by atoms with E-state index in [1.54, 1.807) is 30.3 Å². The van der Waals surface area contributed by atoms with Crippen LogP contribution in [0, 0.1) is 17.6 Å². The van der Waals surface area contributed by atoms with E-state index < -0.39 is 11.6 Å². The molecule has 0 radical (unpaired) electrons. The lowest BCUT2D eigenvalue weighted by atomic mass is 9.92. The molecule has 4 fully saturated rings. The molecule has 4 aromatic rings. The van der Waals surface area contributed by atoms with Crippen LogP contribution in [0.4, 0.5) is 20.3 Å². The second-order valence-electron chi connectivity index (χ2n) is 13.3. The number of nitrogen functional groups attached to an aromatic ring is 1. The van der Waals surface area contributed by atoms with Gasteiger partial charge in [0, 0.05) is 53.7 Å². The molecule has 4 aliphatic heterocycles. The number of hydrogen-bond acceptors (Lipinski definition) is 7. The number of halogens is 2. The number of nitrogens with two attached hydrogens (primary N) is 1. The van der Waals surface area contributed by atoms with Gasteiger partial charge in [-0.1, -0.05) is 25.1 Å². The molecule has 0 amide bonds. The highest BCUT2D eigenvalue weighted by Gasteiger charge is 2.47. The Bertz CT molecular complexity index is 1730. The first-order valence-corrected chi connectivity index (χ1v) is 15.7. The number of benzene rings is 3. The van der Waals surface area contributed by atoms with Gasteiger partial charge >= 0.3 is 6.01 Å². The van der Waals surface area contributed by atoms with E-state index in [4.69, 9.17) is 20.4 Å². The second kappa shape index (κ2) is 10.3. The lowest BCUT2D eigenvalue weighted by Gasteiger charge is -2.31. The van der Waals surface area contributed by atoms with Gasteiger partial charge in [0.25, 0.3) is 0 Å². The number of aromatic nitrogens is 2. The number of fused-ring (bicyclic) bond motifs is 5. The van der Waals surface area contributed by atoms with Crippen LogP contribution in [0.5, 0.6) is 6.01 Å². The Morgan fingerprint density at radius 2 is 1.91 bits per heavy atom. The molecular weight excluding hydrogens is 546 g/mol. The van der Waals surface area contributed by atoms with Crippen molar-refractivity contribution >= 4 is 33.2 Å². The zero-order valence-electron chi connectivity index (χ0n) is 24.6. The van der Waals surface area contributed by atoms with E-state index in [1.807, 2.05) is 6.07 Å². The first kappa shape index (κ1) is 27.0. The van der Waals surface area contributed by atoms with Crippen molar-refractivity contribution in [2.75, 3.05) is 43.4 Å². The predicted molar refractivity (Wildman–Crippen MR) is 166 cm³/mol. The molecule has 224 valence electrons. The first-order chi connectivity index (χ1) is 20.9. The van der Waals surface area contributed by atoms with Crippen molar-refractivity contribution in [1.82, 2.24) is 20.2 Å². The zero-order valence-corrected chi connectivity index (χ0v) is 24.6. The smallest absolute Gasteiger partial charge is 0.319 e. The van der Waals surface area contributed by atoms with Crippen LogP contribution in [-0.4, -0.2) is 65.3 Å². The lowest BCUT2D eigenvalue weighted by molar-refractivity contribution is 0.107. The number of hydrogen-bond donors (Lipinski definition) is 2. The van der Waals surface area contributed by atoms with Crippen molar-refractivity contribution in [2.24, 2.45) is 5.92 Å². The maximum Gasteiger partial charge on any atom is 0.319 e. The highest BCUT2D eigenvalue weighted by Crippen LogP contribution is 2.43. The average Bonchev–Trinajstić information content (AvgIpc) is 3.62. The van der Waals surface area contributed by atoms with Gasteiger partial charge in [-0.3, -0.25) is 4.90 Å². The summed E-state index contributed by atoms with van der Waals surface area (Å²) in [5.41, 5.74) is 7.49. The van der Waals surface area contributed by atoms with Crippen molar-refractivity contribution in [2.45, 2.75) is 63.1 Å². The Balaban J connectivity index is 1.25. The molecule has 1 aromatic heterocycles. The highest BCUT2D eigenvalue weighted by atomic mass is 19.1. The molecule has 0 spiro atoms. The predicted octanol–water partition coefficient (Wildman–Crippen LogP) is 5.89. The number of nitrogens with one attached hydrogen (secondary N) is 1. The lowest BCUT2D eigenvalue weighted by Crippen LogP contribution is -2.43. The number of ether oxygens (including phenoxy) is 1. The van der Waals surface area contributed by atoms with Crippen LogP contribution in [0.15, 0.2) is 42.5 Å². The summed E-state index contributed by atoms with van der Waals surface area (Å²) in [6.45, 7) is 6.57. The summed E-state index contributed by atoms with van der Waals surface area (Å²) in [5.74, 6) is 0.373. The Morgan fingerprint density at radius 1 is 1.02 bits per heavy atom. The topological polar surface area (TPSA) is 79.5 Å². The van der Waals surface area contributed by atoms with Crippen LogP contribution in [-0.2, 0) is 0 Å². The van der Waals surface area contributed by atoms with Crippen LogP contribution in [0.2, 0.25) is 0 Å². The summed E-state index contributed by atoms with van der Waals surface area (Å²) >= 11 is 0. The first-order valence-electron chi connectivity index (χ1n) is 15.7. The zero-order chi connectivity index (χ0) is 29.3. The normalized spacial score (nSPS) is 27.2. The third-order valence-electron chi connectivity index (χ3n) is 10.3. The summed E-state index contributed by atoms with van der Waals surface area (Å²) in [7, 11) is 0. The molecule has 9 heteroatoms. The van der Waals surface area contributed by atoms with Crippen molar-refractivity contribution in [1.29, 1.82) is 0 Å². The molecule has 5 heterocycles. The summed E-state index contributed by atoms with van der Waals surface area (Å²) < 4.78 is 38.3. The van der Waals surface area contributed by atoms with Crippen LogP contribution < -0.4 is 20.7 Å². The summed E-state index contributed by atoms with van der Waals surface area (Å²) in [6, 6.07) is 12.8. The van der Waals surface area contributed by atoms with Crippen molar-refractivity contribution in [3.05, 3.63) is 54.1 Å². The van der Waals surface area contributed by atoms with Crippen LogP contribution >= 0.6 is 0 Å². The fraction of sp³-hybridized carbons (Fsp3) is 0.471. The van der Waals surface area contributed by atoms with E-state index in [2.05, 4.69) is 22.0 Å². The molecule has 0 saturated carbocycles. The molecule has 3 aromatic carbocycles. The Kier molecular flexibility index (Phi) is 6.45. The molecule has 8 rings (SSSR count). The fourth-order valence-corrected chi connectivity index (χ4v) is 8.41. The fourth-order valence-electron chi connectivity index (χ4n) is 8.41. The molecule has 3 N–H and O–H groups in total. The summed E-state index contributed by atoms with van der Waals surface area (Å²) in [4.78, 5) is 14.5. The maximum absolute atomic E-state index is 16.8. The number of rotatable bonds is 5. The molecule has 4 aliphatic rings. The molecule has 0 aliphatic carbocycles. The third-order valence-corrected chi connectivity index (χ3v) is 10.3. The van der Waals surface area contributed by atoms with E-state index in [0.717, 1.165) is 58.3 Å². The van der Waals surface area contributed by atoms with Crippen molar-refractivity contribution < 1.29 is 13.5 Å². The summed E-state index contributed by atoms with van der Waals surface area (Å²) in [6.07, 6.45) is 6.65. The van der Waals surface area contributed by atoms with Crippen molar-refractivity contribution in [3.8, 4) is 17.1 Å². The van der Waals surface area contributed by atoms with Gasteiger partial charge < -0.3 is 20.7 Å². The van der Waals surface area contributed by atoms with Crippen LogP contribution in [0.3, 0.4) is 0 Å². The van der Waals surface area contributed by atoms with Crippen molar-refractivity contribution in [3.63, 3.8) is 0 Å². The Morgan fingerprint density at radius 3 is 2.81 bits per heavy atom. The molecule has 2 bridgehead atoms. The Labute approximate surface area is 250 Å². The SMILES string of the molecule is C[C@H]1CN2CCC[C@@]2(COc2nc(N3CC[C@@H]4CC[C@H](C3)N4)c3ccc(-c4cc(N)cc5cccc(F)c45)c(F)c3n2)C1. The molecular formula is C34H38F2N6O. The van der Waals surface area contributed by atoms with Gasteiger partial charge in [0.1, 0.15) is 23.8 Å². The Hall–Kier alpha value is -3.56. The van der Waals surface area contributed by atoms with Gasteiger partial charge in [0.2, 0.25) is 0 Å². The summed E-state index contributed by atoms with van der Waals surface area (Å²) in [5, 5.41) is 5.33. The van der Waals surface area contributed by atoms with E-state index in [0.29, 0.717) is 57.8 Å². The molecule has 43 heavy (non-hydrogen) atoms. The van der Waals surface area contributed by atoms with E-state index in [9.17, 15) is 0 Å². The minimum absolute atomic E-state index is 0.0119. The second-order valence-corrected chi connectivity index (χ2v) is 13.3. The average molecular weight is 585 g/mol. The molecule has 0 unspecified atom stereocenters.